The molecule has 1 atom stereocenters. The molecule has 28 heavy (non-hydrogen) atoms. The van der Waals surface area contributed by atoms with Crippen LogP contribution in [0, 0.1) is 11.7 Å². The van der Waals surface area contributed by atoms with Gasteiger partial charge in [0.15, 0.2) is 0 Å². The topological polar surface area (TPSA) is 44.7 Å². The van der Waals surface area contributed by atoms with Crippen molar-refractivity contribution in [1.82, 2.24) is 5.32 Å². The first-order valence-corrected chi connectivity index (χ1v) is 9.72. The summed E-state index contributed by atoms with van der Waals surface area (Å²) in [5.41, 5.74) is 4.20. The highest BCUT2D eigenvalue weighted by atomic mass is 19.1. The van der Waals surface area contributed by atoms with E-state index in [0.717, 1.165) is 28.9 Å². The summed E-state index contributed by atoms with van der Waals surface area (Å²) < 4.78 is 13.6. The lowest BCUT2D eigenvalue weighted by atomic mass is 9.93. The van der Waals surface area contributed by atoms with Crippen molar-refractivity contribution in [1.29, 1.82) is 0 Å². The Hall–Kier alpha value is -2.95. The van der Waals surface area contributed by atoms with E-state index in [4.69, 9.17) is 0 Å². The van der Waals surface area contributed by atoms with E-state index in [-0.39, 0.29) is 17.8 Å². The van der Waals surface area contributed by atoms with Crippen LogP contribution in [0.1, 0.15) is 31.9 Å². The highest BCUT2D eigenvalue weighted by Gasteiger charge is 2.45. The number of hydrogen-bond donors (Lipinski definition) is 1. The van der Waals surface area contributed by atoms with E-state index in [0.29, 0.717) is 24.7 Å². The lowest BCUT2D eigenvalue weighted by Gasteiger charge is -2.27. The van der Waals surface area contributed by atoms with Crippen molar-refractivity contribution in [2.75, 3.05) is 18.0 Å². The summed E-state index contributed by atoms with van der Waals surface area (Å²) in [6, 6.07) is 15.7. The molecule has 1 saturated heterocycles. The molecule has 2 aromatic rings. The number of nitrogens with one attached hydrogen (secondary N) is 1. The molecule has 2 aliphatic rings. The molecule has 2 aliphatic heterocycles. The predicted molar refractivity (Wildman–Crippen MR) is 110 cm³/mol. The quantitative estimate of drug-likeness (QED) is 0.865. The Bertz CT molecular complexity index is 932. The largest absolute Gasteiger partial charge is 0.386 e. The number of fused-ring (bicyclic) bond motifs is 1. The maximum atomic E-state index is 13.6. The molecule has 1 fully saturated rings. The Morgan fingerprint density at radius 1 is 1.14 bits per heavy atom. The van der Waals surface area contributed by atoms with Crippen LogP contribution < -0.4 is 10.2 Å². The van der Waals surface area contributed by atoms with Crippen LogP contribution >= 0.6 is 0 Å². The SMILES string of the molecule is CC(C)CC1=C2C(=NCCN1)C(=O)N(c1ccccc1)C2c1ccc(F)cc1. The Balaban J connectivity index is 1.93. The third-order valence-corrected chi connectivity index (χ3v) is 5.09. The number of rotatable bonds is 4. The fourth-order valence-corrected chi connectivity index (χ4v) is 3.94. The number of benzene rings is 2. The van der Waals surface area contributed by atoms with Crippen molar-refractivity contribution in [2.45, 2.75) is 26.3 Å². The van der Waals surface area contributed by atoms with Gasteiger partial charge in [0, 0.05) is 23.5 Å². The number of halogens is 1. The minimum atomic E-state index is -0.325. The summed E-state index contributed by atoms with van der Waals surface area (Å²) in [6.07, 6.45) is 0.835. The van der Waals surface area contributed by atoms with E-state index in [9.17, 15) is 9.18 Å². The number of hydrogen-bond acceptors (Lipinski definition) is 3. The zero-order valence-electron chi connectivity index (χ0n) is 16.2. The minimum Gasteiger partial charge on any atom is -0.386 e. The smallest absolute Gasteiger partial charge is 0.277 e. The molecule has 4 rings (SSSR count). The molecule has 2 heterocycles. The van der Waals surface area contributed by atoms with Crippen molar-refractivity contribution in [3.05, 3.63) is 77.2 Å². The van der Waals surface area contributed by atoms with E-state index in [1.807, 2.05) is 30.3 Å². The Morgan fingerprint density at radius 3 is 2.54 bits per heavy atom. The molecule has 0 saturated carbocycles. The van der Waals surface area contributed by atoms with Gasteiger partial charge < -0.3 is 5.32 Å². The maximum Gasteiger partial charge on any atom is 0.277 e. The van der Waals surface area contributed by atoms with Crippen LogP contribution in [0.2, 0.25) is 0 Å². The van der Waals surface area contributed by atoms with Crippen molar-refractivity contribution in [3.63, 3.8) is 0 Å². The van der Waals surface area contributed by atoms with Gasteiger partial charge in [0.05, 0.1) is 12.6 Å². The van der Waals surface area contributed by atoms with E-state index in [1.165, 1.54) is 12.1 Å². The number of allylic oxidation sites excluding steroid dienone is 1. The van der Waals surface area contributed by atoms with E-state index >= 15 is 0 Å². The fourth-order valence-electron chi connectivity index (χ4n) is 3.94. The van der Waals surface area contributed by atoms with Crippen molar-refractivity contribution < 1.29 is 9.18 Å². The second-order valence-corrected chi connectivity index (χ2v) is 7.61. The lowest BCUT2D eigenvalue weighted by Crippen LogP contribution is -2.30. The standard InChI is InChI=1S/C23H24FN3O/c1-15(2)14-19-20-21(26-13-12-25-19)23(28)27(18-6-4-3-5-7-18)22(20)16-8-10-17(24)11-9-16/h3-11,15,22,25H,12-14H2,1-2H3. The van der Waals surface area contributed by atoms with Crippen LogP contribution in [0.25, 0.3) is 0 Å². The molecule has 1 unspecified atom stereocenters. The molecule has 0 aliphatic carbocycles. The number of carbonyl (C=O) groups is 1. The van der Waals surface area contributed by atoms with Gasteiger partial charge in [0.2, 0.25) is 0 Å². The molecule has 0 aromatic heterocycles. The molecule has 0 radical (unpaired) electrons. The van der Waals surface area contributed by atoms with Crippen LogP contribution in [-0.4, -0.2) is 24.7 Å². The monoisotopic (exact) mass is 377 g/mol. The number of aliphatic imine (C=N–C) groups is 1. The average Bonchev–Trinajstić information content (AvgIpc) is 2.83. The first-order chi connectivity index (χ1) is 13.6. The van der Waals surface area contributed by atoms with Crippen LogP contribution in [0.3, 0.4) is 0 Å². The van der Waals surface area contributed by atoms with E-state index < -0.39 is 0 Å². The number of para-hydroxylation sites is 1. The lowest BCUT2D eigenvalue weighted by molar-refractivity contribution is -0.112. The van der Waals surface area contributed by atoms with Crippen LogP contribution in [0.15, 0.2) is 70.9 Å². The summed E-state index contributed by atoms with van der Waals surface area (Å²) in [5, 5.41) is 3.50. The molecule has 4 nitrogen and oxygen atoms in total. The molecule has 1 amide bonds. The highest BCUT2D eigenvalue weighted by molar-refractivity contribution is 6.53. The molecule has 2 aromatic carbocycles. The number of nitrogens with zero attached hydrogens (tertiary/aromatic N) is 2. The summed E-state index contributed by atoms with van der Waals surface area (Å²) in [7, 11) is 0. The average molecular weight is 377 g/mol. The Kier molecular flexibility index (Phi) is 4.99. The number of carbonyl (C=O) groups excluding carboxylic acids is 1. The van der Waals surface area contributed by atoms with E-state index in [1.54, 1.807) is 17.0 Å². The minimum absolute atomic E-state index is 0.0968. The zero-order chi connectivity index (χ0) is 19.7. The molecule has 144 valence electrons. The molecular weight excluding hydrogens is 353 g/mol. The molecule has 5 heteroatoms. The van der Waals surface area contributed by atoms with Gasteiger partial charge in [0.1, 0.15) is 11.5 Å². The van der Waals surface area contributed by atoms with Gasteiger partial charge in [-0.3, -0.25) is 14.7 Å². The van der Waals surface area contributed by atoms with Gasteiger partial charge in [-0.15, -0.1) is 0 Å². The van der Waals surface area contributed by atoms with Crippen LogP contribution in [0.5, 0.6) is 0 Å². The van der Waals surface area contributed by atoms with Crippen LogP contribution in [-0.2, 0) is 4.79 Å². The summed E-state index contributed by atoms with van der Waals surface area (Å²) in [6.45, 7) is 5.60. The first kappa shape index (κ1) is 18.4. The normalized spacial score (nSPS) is 19.4. The van der Waals surface area contributed by atoms with Crippen molar-refractivity contribution in [3.8, 4) is 0 Å². The Morgan fingerprint density at radius 2 is 1.86 bits per heavy atom. The van der Waals surface area contributed by atoms with Gasteiger partial charge in [-0.2, -0.15) is 0 Å². The second-order valence-electron chi connectivity index (χ2n) is 7.61. The Labute approximate surface area is 164 Å². The van der Waals surface area contributed by atoms with Gasteiger partial charge in [-0.05, 0) is 42.2 Å². The van der Waals surface area contributed by atoms with Crippen molar-refractivity contribution in [2.24, 2.45) is 10.9 Å². The zero-order valence-corrected chi connectivity index (χ0v) is 16.2. The molecular formula is C23H24FN3O. The van der Waals surface area contributed by atoms with Crippen molar-refractivity contribution >= 4 is 17.3 Å². The van der Waals surface area contributed by atoms with Gasteiger partial charge in [-0.1, -0.05) is 44.2 Å². The molecule has 0 spiro atoms. The summed E-state index contributed by atoms with van der Waals surface area (Å²) in [5.74, 6) is 0.0492. The summed E-state index contributed by atoms with van der Waals surface area (Å²) >= 11 is 0. The highest BCUT2D eigenvalue weighted by Crippen LogP contribution is 2.42. The number of amides is 1. The second kappa shape index (κ2) is 7.58. The summed E-state index contributed by atoms with van der Waals surface area (Å²) in [4.78, 5) is 19.8. The third kappa shape index (κ3) is 3.33. The molecule has 1 N–H and O–H groups in total. The first-order valence-electron chi connectivity index (χ1n) is 9.72. The van der Waals surface area contributed by atoms with Crippen LogP contribution in [0.4, 0.5) is 10.1 Å². The fraction of sp³-hybridized carbons (Fsp3) is 0.304. The van der Waals surface area contributed by atoms with Gasteiger partial charge >= 0.3 is 0 Å². The van der Waals surface area contributed by atoms with Gasteiger partial charge in [0.25, 0.3) is 5.91 Å². The predicted octanol–water partition coefficient (Wildman–Crippen LogP) is 4.26. The molecule has 0 bridgehead atoms. The number of anilines is 1. The van der Waals surface area contributed by atoms with E-state index in [2.05, 4.69) is 24.2 Å². The maximum absolute atomic E-state index is 13.6. The van der Waals surface area contributed by atoms with Gasteiger partial charge in [-0.25, -0.2) is 4.39 Å². The third-order valence-electron chi connectivity index (χ3n) is 5.09.